The molecule has 0 spiro atoms. The Labute approximate surface area is 162 Å². The number of hydrogen-bond donors (Lipinski definition) is 0. The van der Waals surface area contributed by atoms with Crippen molar-refractivity contribution in [1.29, 1.82) is 0 Å². The lowest BCUT2D eigenvalue weighted by Crippen LogP contribution is -2.48. The highest BCUT2D eigenvalue weighted by atomic mass is 32.2. The largest absolute Gasteiger partial charge is 0.334 e. The third-order valence-corrected chi connectivity index (χ3v) is 8.28. The van der Waals surface area contributed by atoms with Crippen LogP contribution in [0.4, 0.5) is 0 Å². The molecular weight excluding hydrogens is 386 g/mol. The predicted molar refractivity (Wildman–Crippen MR) is 107 cm³/mol. The highest BCUT2D eigenvalue weighted by Gasteiger charge is 2.36. The third kappa shape index (κ3) is 3.80. The van der Waals surface area contributed by atoms with E-state index in [1.54, 1.807) is 4.90 Å². The summed E-state index contributed by atoms with van der Waals surface area (Å²) in [5.74, 6) is -0.129. The van der Waals surface area contributed by atoms with Crippen LogP contribution in [-0.2, 0) is 21.2 Å². The second-order valence-corrected chi connectivity index (χ2v) is 10.7. The number of hydrogen-bond acceptors (Lipinski definition) is 6. The fourth-order valence-electron chi connectivity index (χ4n) is 3.61. The smallest absolute Gasteiger partial charge is 0.262 e. The summed E-state index contributed by atoms with van der Waals surface area (Å²) < 4.78 is 25.1. The molecule has 3 heterocycles. The fourth-order valence-corrected chi connectivity index (χ4v) is 6.31. The Morgan fingerprint density at radius 3 is 2.74 bits per heavy atom. The van der Waals surface area contributed by atoms with Gasteiger partial charge in [0.25, 0.3) is 5.56 Å². The lowest BCUT2D eigenvalue weighted by Gasteiger charge is -2.33. The van der Waals surface area contributed by atoms with Crippen LogP contribution in [0.25, 0.3) is 10.2 Å². The number of sulfone groups is 1. The van der Waals surface area contributed by atoms with Crippen molar-refractivity contribution >= 4 is 37.3 Å². The van der Waals surface area contributed by atoms with Crippen LogP contribution in [0.15, 0.2) is 11.1 Å². The van der Waals surface area contributed by atoms with E-state index in [2.05, 4.69) is 4.98 Å². The summed E-state index contributed by atoms with van der Waals surface area (Å²) >= 11 is 1.47. The number of nitrogens with zero attached hydrogens (tertiary/aromatic N) is 3. The van der Waals surface area contributed by atoms with E-state index in [-0.39, 0.29) is 41.6 Å². The average molecular weight is 412 g/mol. The van der Waals surface area contributed by atoms with Crippen molar-refractivity contribution in [2.45, 2.75) is 59.2 Å². The standard InChI is InChI=1S/C18H25N3O4S2/c1-5-11(2)21(14-6-7-27(24,25)9-14)15(22)8-20-10-19-17-16(18(20)23)12(3)13(4)26-17/h10-11,14H,5-9H2,1-4H3/t11-,14+/m0/s1. The first kappa shape index (κ1) is 20.0. The fraction of sp³-hybridized carbons (Fsp3) is 0.611. The Morgan fingerprint density at radius 1 is 1.44 bits per heavy atom. The highest BCUT2D eigenvalue weighted by molar-refractivity contribution is 7.91. The van der Waals surface area contributed by atoms with Gasteiger partial charge in [-0.3, -0.25) is 14.2 Å². The molecule has 0 unspecified atom stereocenters. The maximum Gasteiger partial charge on any atom is 0.262 e. The molecule has 9 heteroatoms. The number of carbonyl (C=O) groups is 1. The van der Waals surface area contributed by atoms with Gasteiger partial charge in [-0.2, -0.15) is 0 Å². The second-order valence-electron chi connectivity index (χ2n) is 7.26. The van der Waals surface area contributed by atoms with Gasteiger partial charge in [0.05, 0.1) is 23.2 Å². The molecule has 0 aliphatic carbocycles. The number of aryl methyl sites for hydroxylation is 2. The molecule has 0 radical (unpaired) electrons. The van der Waals surface area contributed by atoms with Gasteiger partial charge in [-0.25, -0.2) is 13.4 Å². The number of aromatic nitrogens is 2. The molecule has 27 heavy (non-hydrogen) atoms. The van der Waals surface area contributed by atoms with E-state index in [4.69, 9.17) is 0 Å². The molecule has 0 N–H and O–H groups in total. The second kappa shape index (κ2) is 7.35. The lowest BCUT2D eigenvalue weighted by atomic mass is 10.1. The number of carbonyl (C=O) groups excluding carboxylic acids is 1. The SMILES string of the molecule is CC[C@H](C)N(C(=O)Cn1cnc2sc(C)c(C)c2c1=O)[C@@H]1CCS(=O)(=O)C1. The van der Waals surface area contributed by atoms with E-state index in [0.717, 1.165) is 16.9 Å². The van der Waals surface area contributed by atoms with Crippen molar-refractivity contribution in [3.8, 4) is 0 Å². The Morgan fingerprint density at radius 2 is 2.15 bits per heavy atom. The highest BCUT2D eigenvalue weighted by Crippen LogP contribution is 2.26. The maximum absolute atomic E-state index is 13.0. The van der Waals surface area contributed by atoms with E-state index in [9.17, 15) is 18.0 Å². The van der Waals surface area contributed by atoms with Crippen molar-refractivity contribution < 1.29 is 13.2 Å². The van der Waals surface area contributed by atoms with Crippen molar-refractivity contribution in [2.24, 2.45) is 0 Å². The molecule has 148 valence electrons. The van der Waals surface area contributed by atoms with Gasteiger partial charge < -0.3 is 4.90 Å². The minimum absolute atomic E-state index is 0.00189. The molecule has 0 saturated carbocycles. The van der Waals surface area contributed by atoms with Crippen LogP contribution in [-0.4, -0.2) is 52.4 Å². The summed E-state index contributed by atoms with van der Waals surface area (Å²) in [5, 5.41) is 0.561. The Bertz CT molecular complexity index is 1040. The molecule has 2 atom stereocenters. The van der Waals surface area contributed by atoms with Crippen LogP contribution < -0.4 is 5.56 Å². The van der Waals surface area contributed by atoms with Gasteiger partial charge in [-0.15, -0.1) is 11.3 Å². The minimum atomic E-state index is -3.10. The van der Waals surface area contributed by atoms with Crippen LogP contribution in [0.1, 0.15) is 37.1 Å². The van der Waals surface area contributed by atoms with Crippen molar-refractivity contribution in [3.05, 3.63) is 27.1 Å². The molecular formula is C18H25N3O4S2. The van der Waals surface area contributed by atoms with Gasteiger partial charge in [-0.1, -0.05) is 6.92 Å². The third-order valence-electron chi connectivity index (χ3n) is 5.42. The van der Waals surface area contributed by atoms with Crippen molar-refractivity contribution in [3.63, 3.8) is 0 Å². The molecule has 1 aliphatic rings. The van der Waals surface area contributed by atoms with Crippen molar-refractivity contribution in [2.75, 3.05) is 11.5 Å². The van der Waals surface area contributed by atoms with E-state index in [0.29, 0.717) is 16.6 Å². The summed E-state index contributed by atoms with van der Waals surface area (Å²) in [5.41, 5.74) is 0.674. The molecule has 0 bridgehead atoms. The number of amides is 1. The number of thiophene rings is 1. The van der Waals surface area contributed by atoms with E-state index < -0.39 is 9.84 Å². The normalized spacial score (nSPS) is 20.1. The molecule has 2 aromatic heterocycles. The minimum Gasteiger partial charge on any atom is -0.334 e. The lowest BCUT2D eigenvalue weighted by molar-refractivity contribution is -0.136. The first-order valence-corrected chi connectivity index (χ1v) is 11.7. The van der Waals surface area contributed by atoms with E-state index >= 15 is 0 Å². The van der Waals surface area contributed by atoms with Crippen LogP contribution in [0, 0.1) is 13.8 Å². The van der Waals surface area contributed by atoms with Gasteiger partial charge in [-0.05, 0) is 39.2 Å². The summed E-state index contributed by atoms with van der Waals surface area (Å²) in [6.45, 7) is 7.59. The topological polar surface area (TPSA) is 89.3 Å². The number of fused-ring (bicyclic) bond motifs is 1. The maximum atomic E-state index is 13.0. The zero-order valence-corrected chi connectivity index (χ0v) is 17.7. The monoisotopic (exact) mass is 411 g/mol. The van der Waals surface area contributed by atoms with Crippen LogP contribution in [0.2, 0.25) is 0 Å². The molecule has 1 aliphatic heterocycles. The van der Waals surface area contributed by atoms with Gasteiger partial charge in [0.1, 0.15) is 11.4 Å². The molecule has 7 nitrogen and oxygen atoms in total. The van der Waals surface area contributed by atoms with Crippen LogP contribution >= 0.6 is 11.3 Å². The Hall–Kier alpha value is -1.74. The van der Waals surface area contributed by atoms with E-state index in [1.807, 2.05) is 27.7 Å². The van der Waals surface area contributed by atoms with Gasteiger partial charge in [0.15, 0.2) is 9.84 Å². The zero-order valence-electron chi connectivity index (χ0n) is 16.1. The van der Waals surface area contributed by atoms with Gasteiger partial charge in [0, 0.05) is 17.0 Å². The van der Waals surface area contributed by atoms with Gasteiger partial charge in [0.2, 0.25) is 5.91 Å². The van der Waals surface area contributed by atoms with Gasteiger partial charge >= 0.3 is 0 Å². The molecule has 1 amide bonds. The predicted octanol–water partition coefficient (Wildman–Crippen LogP) is 1.89. The van der Waals surface area contributed by atoms with E-state index in [1.165, 1.54) is 22.2 Å². The molecule has 0 aromatic carbocycles. The quantitative estimate of drug-likeness (QED) is 0.750. The van der Waals surface area contributed by atoms with Crippen molar-refractivity contribution in [1.82, 2.24) is 14.5 Å². The first-order valence-electron chi connectivity index (χ1n) is 9.11. The Balaban J connectivity index is 1.92. The van der Waals surface area contributed by atoms with Crippen LogP contribution in [0.5, 0.6) is 0 Å². The summed E-state index contributed by atoms with van der Waals surface area (Å²) in [7, 11) is -3.10. The molecule has 2 aromatic rings. The van der Waals surface area contributed by atoms with Crippen LogP contribution in [0.3, 0.4) is 0 Å². The summed E-state index contributed by atoms with van der Waals surface area (Å²) in [6, 6.07) is -0.414. The molecule has 1 fully saturated rings. The Kier molecular flexibility index (Phi) is 5.45. The average Bonchev–Trinajstić information content (AvgIpc) is 3.10. The first-order chi connectivity index (χ1) is 12.6. The summed E-state index contributed by atoms with van der Waals surface area (Å²) in [6.07, 6.45) is 2.59. The number of rotatable bonds is 5. The zero-order chi connectivity index (χ0) is 19.9. The summed E-state index contributed by atoms with van der Waals surface area (Å²) in [4.78, 5) is 33.6. The molecule has 1 saturated heterocycles. The molecule has 3 rings (SSSR count).